The number of methoxy groups -OCH3 is 1. The molecule has 2 rings (SSSR count). The second-order valence-corrected chi connectivity index (χ2v) is 6.17. The van der Waals surface area contributed by atoms with E-state index in [4.69, 9.17) is 21.4 Å². The van der Waals surface area contributed by atoms with Gasteiger partial charge in [0.15, 0.2) is 0 Å². The number of ether oxygens (including phenoxy) is 1. The number of aryl methyl sites for hydroxylation is 1. The molecule has 0 aromatic heterocycles. The van der Waals surface area contributed by atoms with Crippen molar-refractivity contribution in [3.63, 3.8) is 0 Å². The first-order valence-corrected chi connectivity index (χ1v) is 7.47. The van der Waals surface area contributed by atoms with Crippen LogP contribution in [0.1, 0.15) is 44.1 Å². The third-order valence-electron chi connectivity index (χ3n) is 4.36. The number of carbonyl (C=O) groups is 1. The van der Waals surface area contributed by atoms with E-state index < -0.39 is 5.97 Å². The highest BCUT2D eigenvalue weighted by Crippen LogP contribution is 2.45. The van der Waals surface area contributed by atoms with E-state index in [1.165, 1.54) is 0 Å². The zero-order valence-electron chi connectivity index (χ0n) is 11.8. The third kappa shape index (κ3) is 3.66. The third-order valence-corrected chi connectivity index (χ3v) is 4.59. The van der Waals surface area contributed by atoms with Crippen LogP contribution in [0.15, 0.2) is 18.2 Å². The first-order valence-electron chi connectivity index (χ1n) is 7.09. The fourth-order valence-electron chi connectivity index (χ4n) is 3.30. The largest absolute Gasteiger partial charge is 0.496 e. The van der Waals surface area contributed by atoms with Crippen LogP contribution in [0.5, 0.6) is 5.75 Å². The smallest absolute Gasteiger partial charge is 0.303 e. The number of hydrogen-bond acceptors (Lipinski definition) is 2. The fourth-order valence-corrected chi connectivity index (χ4v) is 3.50. The van der Waals surface area contributed by atoms with Crippen molar-refractivity contribution in [3.8, 4) is 5.75 Å². The fraction of sp³-hybridized carbons (Fsp3) is 0.562. The van der Waals surface area contributed by atoms with Crippen molar-refractivity contribution >= 4 is 17.6 Å². The van der Waals surface area contributed by atoms with Crippen molar-refractivity contribution in [1.82, 2.24) is 0 Å². The Kier molecular flexibility index (Phi) is 4.92. The standard InChI is InChI=1S/C16H21ClO3/c1-20-14-5-4-13(17)10-12(14)6-9-16(11-15(18)19)7-2-3-8-16/h4-5,10H,2-3,6-9,11H2,1H3,(H,18,19). The maximum absolute atomic E-state index is 11.1. The molecule has 0 radical (unpaired) electrons. The van der Waals surface area contributed by atoms with Gasteiger partial charge in [-0.15, -0.1) is 0 Å². The highest BCUT2D eigenvalue weighted by molar-refractivity contribution is 6.30. The Hall–Kier alpha value is -1.22. The van der Waals surface area contributed by atoms with Gasteiger partial charge in [0.1, 0.15) is 5.75 Å². The molecule has 110 valence electrons. The molecular formula is C16H21ClO3. The zero-order valence-corrected chi connectivity index (χ0v) is 12.6. The van der Waals surface area contributed by atoms with Crippen molar-refractivity contribution in [2.75, 3.05) is 7.11 Å². The van der Waals surface area contributed by atoms with Crippen LogP contribution < -0.4 is 4.74 Å². The van der Waals surface area contributed by atoms with Gasteiger partial charge in [0.2, 0.25) is 0 Å². The molecule has 0 aliphatic heterocycles. The van der Waals surface area contributed by atoms with Crippen LogP contribution in [-0.2, 0) is 11.2 Å². The van der Waals surface area contributed by atoms with Gasteiger partial charge in [0.25, 0.3) is 0 Å². The Balaban J connectivity index is 2.09. The molecule has 1 aromatic carbocycles. The van der Waals surface area contributed by atoms with Crippen molar-refractivity contribution in [2.45, 2.75) is 44.9 Å². The van der Waals surface area contributed by atoms with Gasteiger partial charge in [-0.1, -0.05) is 24.4 Å². The molecule has 0 bridgehead atoms. The van der Waals surface area contributed by atoms with Gasteiger partial charge in [-0.05, 0) is 54.9 Å². The topological polar surface area (TPSA) is 46.5 Å². The lowest BCUT2D eigenvalue weighted by Gasteiger charge is -2.27. The molecule has 4 heteroatoms. The minimum absolute atomic E-state index is 0.0425. The molecule has 0 unspecified atom stereocenters. The highest BCUT2D eigenvalue weighted by Gasteiger charge is 2.35. The summed E-state index contributed by atoms with van der Waals surface area (Å²) in [6.45, 7) is 0. The Morgan fingerprint density at radius 2 is 2.10 bits per heavy atom. The summed E-state index contributed by atoms with van der Waals surface area (Å²) in [4.78, 5) is 11.1. The van der Waals surface area contributed by atoms with Gasteiger partial charge in [0.05, 0.1) is 13.5 Å². The lowest BCUT2D eigenvalue weighted by molar-refractivity contribution is -0.139. The number of hydrogen-bond donors (Lipinski definition) is 1. The van der Waals surface area contributed by atoms with Crippen molar-refractivity contribution in [1.29, 1.82) is 0 Å². The molecule has 0 saturated heterocycles. The van der Waals surface area contributed by atoms with Gasteiger partial charge >= 0.3 is 5.97 Å². The summed E-state index contributed by atoms with van der Waals surface area (Å²) in [5, 5.41) is 9.83. The molecular weight excluding hydrogens is 276 g/mol. The summed E-state index contributed by atoms with van der Waals surface area (Å²) in [6, 6.07) is 5.60. The molecule has 3 nitrogen and oxygen atoms in total. The summed E-state index contributed by atoms with van der Waals surface area (Å²) in [6.07, 6.45) is 6.28. The quantitative estimate of drug-likeness (QED) is 0.850. The molecule has 1 N–H and O–H groups in total. The number of rotatable bonds is 6. The Labute approximate surface area is 124 Å². The Morgan fingerprint density at radius 3 is 2.70 bits per heavy atom. The van der Waals surface area contributed by atoms with E-state index in [1.54, 1.807) is 7.11 Å². The second kappa shape index (κ2) is 6.49. The number of aliphatic carboxylic acids is 1. The number of carboxylic acids is 1. The number of carboxylic acid groups (broad SMARTS) is 1. The van der Waals surface area contributed by atoms with E-state index in [2.05, 4.69) is 0 Å². The predicted molar refractivity (Wildman–Crippen MR) is 79.5 cm³/mol. The second-order valence-electron chi connectivity index (χ2n) is 5.73. The van der Waals surface area contributed by atoms with Crippen LogP contribution in [0.25, 0.3) is 0 Å². The maximum atomic E-state index is 11.1. The minimum Gasteiger partial charge on any atom is -0.496 e. The van der Waals surface area contributed by atoms with Crippen LogP contribution in [-0.4, -0.2) is 18.2 Å². The van der Waals surface area contributed by atoms with E-state index in [9.17, 15) is 4.79 Å². The van der Waals surface area contributed by atoms with Crippen molar-refractivity contribution in [2.24, 2.45) is 5.41 Å². The number of benzene rings is 1. The molecule has 0 atom stereocenters. The molecule has 0 spiro atoms. The summed E-state index contributed by atoms with van der Waals surface area (Å²) in [5.74, 6) is 0.142. The minimum atomic E-state index is -0.690. The maximum Gasteiger partial charge on any atom is 0.303 e. The molecule has 1 fully saturated rings. The van der Waals surface area contributed by atoms with Gasteiger partial charge < -0.3 is 9.84 Å². The van der Waals surface area contributed by atoms with E-state index >= 15 is 0 Å². The molecule has 1 aromatic rings. The van der Waals surface area contributed by atoms with E-state index in [0.29, 0.717) is 5.02 Å². The molecule has 1 saturated carbocycles. The van der Waals surface area contributed by atoms with E-state index in [1.807, 2.05) is 18.2 Å². The Bertz CT molecular complexity index is 479. The summed E-state index contributed by atoms with van der Waals surface area (Å²) in [7, 11) is 1.65. The van der Waals surface area contributed by atoms with Gasteiger partial charge in [-0.3, -0.25) is 4.79 Å². The van der Waals surface area contributed by atoms with Crippen LogP contribution in [0.2, 0.25) is 5.02 Å². The zero-order chi connectivity index (χ0) is 14.6. The lowest BCUT2D eigenvalue weighted by Crippen LogP contribution is -2.21. The lowest BCUT2D eigenvalue weighted by atomic mass is 9.77. The van der Waals surface area contributed by atoms with Crippen LogP contribution in [0, 0.1) is 5.41 Å². The van der Waals surface area contributed by atoms with Crippen molar-refractivity contribution in [3.05, 3.63) is 28.8 Å². The monoisotopic (exact) mass is 296 g/mol. The van der Waals surface area contributed by atoms with E-state index in [0.717, 1.165) is 49.8 Å². The Morgan fingerprint density at radius 1 is 1.40 bits per heavy atom. The average Bonchev–Trinajstić information content (AvgIpc) is 2.84. The molecule has 0 amide bonds. The first-order chi connectivity index (χ1) is 9.54. The van der Waals surface area contributed by atoms with E-state index in [-0.39, 0.29) is 11.8 Å². The van der Waals surface area contributed by atoms with Crippen LogP contribution >= 0.6 is 11.6 Å². The number of halogens is 1. The normalized spacial score (nSPS) is 17.1. The highest BCUT2D eigenvalue weighted by atomic mass is 35.5. The summed E-state index contributed by atoms with van der Waals surface area (Å²) < 4.78 is 5.35. The van der Waals surface area contributed by atoms with Crippen LogP contribution in [0.3, 0.4) is 0 Å². The van der Waals surface area contributed by atoms with Gasteiger partial charge in [-0.2, -0.15) is 0 Å². The van der Waals surface area contributed by atoms with Crippen molar-refractivity contribution < 1.29 is 14.6 Å². The van der Waals surface area contributed by atoms with Gasteiger partial charge in [0, 0.05) is 5.02 Å². The van der Waals surface area contributed by atoms with Gasteiger partial charge in [-0.25, -0.2) is 0 Å². The molecule has 1 aliphatic rings. The molecule has 20 heavy (non-hydrogen) atoms. The SMILES string of the molecule is COc1ccc(Cl)cc1CCC1(CC(=O)O)CCCC1. The van der Waals surface area contributed by atoms with Crippen LogP contribution in [0.4, 0.5) is 0 Å². The first kappa shape index (κ1) is 15.2. The predicted octanol–water partition coefficient (Wildman–Crippen LogP) is 4.32. The molecule has 0 heterocycles. The summed E-state index contributed by atoms with van der Waals surface area (Å²) >= 11 is 6.04. The molecule has 1 aliphatic carbocycles. The summed E-state index contributed by atoms with van der Waals surface area (Å²) in [5.41, 5.74) is 1.02. The average molecular weight is 297 g/mol.